The lowest BCUT2D eigenvalue weighted by atomic mass is 9.44. The third-order valence-corrected chi connectivity index (χ3v) is 17.9. The second-order valence-corrected chi connectivity index (χ2v) is 21.1. The zero-order valence-electron chi connectivity index (χ0n) is 36.0. The lowest BCUT2D eigenvalue weighted by Gasteiger charge is -2.61. The van der Waals surface area contributed by atoms with Crippen molar-refractivity contribution in [1.29, 1.82) is 0 Å². The fourth-order valence-corrected chi connectivity index (χ4v) is 14.3. The van der Waals surface area contributed by atoms with Crippen molar-refractivity contribution in [1.82, 2.24) is 0 Å². The van der Waals surface area contributed by atoms with Gasteiger partial charge in [0.25, 0.3) is 0 Å². The van der Waals surface area contributed by atoms with Gasteiger partial charge in [0, 0.05) is 12.3 Å². The molecule has 0 aromatic rings. The van der Waals surface area contributed by atoms with E-state index in [4.69, 9.17) is 37.9 Å². The molecule has 5 saturated heterocycles. The fourth-order valence-electron chi connectivity index (χ4n) is 14.3. The summed E-state index contributed by atoms with van der Waals surface area (Å²) in [6, 6.07) is 0. The molecule has 61 heavy (non-hydrogen) atoms. The first-order chi connectivity index (χ1) is 29.0. The highest BCUT2D eigenvalue weighted by Gasteiger charge is 2.69. The summed E-state index contributed by atoms with van der Waals surface area (Å²) in [5.74, 6) is 3.16. The third-order valence-electron chi connectivity index (χ3n) is 17.9. The molecule has 17 nitrogen and oxygen atoms in total. The van der Waals surface area contributed by atoms with Crippen LogP contribution in [0.1, 0.15) is 91.9 Å². The lowest BCUT2D eigenvalue weighted by molar-refractivity contribution is -0.376. The average Bonchev–Trinajstić information content (AvgIpc) is 3.69. The van der Waals surface area contributed by atoms with Gasteiger partial charge in [-0.2, -0.15) is 0 Å². The Hall–Kier alpha value is -0.680. The molecule has 0 aromatic carbocycles. The zero-order valence-corrected chi connectivity index (χ0v) is 36.0. The molecule has 9 N–H and O–H groups in total. The third kappa shape index (κ3) is 7.68. The Morgan fingerprint density at radius 1 is 0.639 bits per heavy atom. The highest BCUT2D eigenvalue weighted by Crippen LogP contribution is 2.71. The molecule has 0 bridgehead atoms. The summed E-state index contributed by atoms with van der Waals surface area (Å²) in [7, 11) is 0. The lowest BCUT2D eigenvalue weighted by Crippen LogP contribution is -2.65. The Morgan fingerprint density at radius 2 is 1.36 bits per heavy atom. The summed E-state index contributed by atoms with van der Waals surface area (Å²) < 4.78 is 49.2. The van der Waals surface area contributed by atoms with Crippen molar-refractivity contribution in [3.8, 4) is 0 Å². The van der Waals surface area contributed by atoms with Gasteiger partial charge in [0.05, 0.1) is 38.6 Å². The minimum atomic E-state index is -1.78. The molecular formula is C44H72O17. The van der Waals surface area contributed by atoms with Gasteiger partial charge in [0.1, 0.15) is 67.1 Å². The molecule has 26 atom stereocenters. The van der Waals surface area contributed by atoms with E-state index in [1.807, 2.05) is 0 Å². The Kier molecular flexibility index (Phi) is 12.8. The quantitative estimate of drug-likeness (QED) is 0.145. The van der Waals surface area contributed by atoms with Crippen LogP contribution in [0.15, 0.2) is 0 Å². The van der Waals surface area contributed by atoms with Crippen LogP contribution < -0.4 is 0 Å². The molecule has 0 radical (unpaired) electrons. The van der Waals surface area contributed by atoms with E-state index in [-0.39, 0.29) is 29.6 Å². The molecule has 350 valence electrons. The highest BCUT2D eigenvalue weighted by atomic mass is 16.8. The average molecular weight is 873 g/mol. The first kappa shape index (κ1) is 45.5. The van der Waals surface area contributed by atoms with E-state index < -0.39 is 105 Å². The second kappa shape index (κ2) is 17.2. The van der Waals surface area contributed by atoms with Crippen molar-refractivity contribution in [3.05, 3.63) is 0 Å². The molecule has 17 heteroatoms. The van der Waals surface area contributed by atoms with Gasteiger partial charge >= 0.3 is 0 Å². The number of aliphatic hydroxyl groups is 9. The number of hydrogen-bond acceptors (Lipinski definition) is 17. The van der Waals surface area contributed by atoms with Gasteiger partial charge in [0.2, 0.25) is 0 Å². The Labute approximate surface area is 357 Å². The summed E-state index contributed by atoms with van der Waals surface area (Å²) in [5.41, 5.74) is 0.315. The van der Waals surface area contributed by atoms with Gasteiger partial charge in [-0.05, 0) is 104 Å². The maximum absolute atomic E-state index is 11.6. The van der Waals surface area contributed by atoms with Crippen LogP contribution in [-0.4, -0.2) is 176 Å². The molecule has 0 aromatic heterocycles. The summed E-state index contributed by atoms with van der Waals surface area (Å²) in [4.78, 5) is 0. The second-order valence-electron chi connectivity index (χ2n) is 21.1. The maximum atomic E-state index is 11.6. The molecule has 9 fully saturated rings. The minimum absolute atomic E-state index is 0.100. The largest absolute Gasteiger partial charge is 0.394 e. The molecule has 1 spiro atoms. The Bertz CT molecular complexity index is 1520. The van der Waals surface area contributed by atoms with Crippen LogP contribution in [-0.2, 0) is 37.9 Å². The topological polar surface area (TPSA) is 256 Å². The van der Waals surface area contributed by atoms with Crippen LogP contribution in [0.2, 0.25) is 0 Å². The smallest absolute Gasteiger partial charge is 0.187 e. The van der Waals surface area contributed by atoms with Gasteiger partial charge in [0.15, 0.2) is 24.7 Å². The van der Waals surface area contributed by atoms with Gasteiger partial charge in [-0.25, -0.2) is 0 Å². The summed E-state index contributed by atoms with van der Waals surface area (Å²) >= 11 is 0. The van der Waals surface area contributed by atoms with Gasteiger partial charge < -0.3 is 83.9 Å². The molecule has 9 aliphatic rings. The first-order valence-corrected chi connectivity index (χ1v) is 23.2. The van der Waals surface area contributed by atoms with E-state index in [0.717, 1.165) is 51.6 Å². The number of rotatable bonds is 8. The minimum Gasteiger partial charge on any atom is -0.394 e. The number of ether oxygens (including phenoxy) is 8. The van der Waals surface area contributed by atoms with Gasteiger partial charge in [-0.15, -0.1) is 0 Å². The predicted octanol–water partition coefficient (Wildman–Crippen LogP) is -0.0945. The van der Waals surface area contributed by atoms with Crippen LogP contribution in [0, 0.1) is 52.3 Å². The highest BCUT2D eigenvalue weighted by molar-refractivity contribution is 5.15. The van der Waals surface area contributed by atoms with Crippen molar-refractivity contribution < 1.29 is 83.9 Å². The van der Waals surface area contributed by atoms with Gasteiger partial charge in [-0.1, -0.05) is 27.7 Å². The van der Waals surface area contributed by atoms with Crippen LogP contribution in [0.5, 0.6) is 0 Å². The molecule has 5 aliphatic heterocycles. The molecular weight excluding hydrogens is 800 g/mol. The summed E-state index contributed by atoms with van der Waals surface area (Å²) in [6.45, 7) is 9.04. The van der Waals surface area contributed by atoms with E-state index in [9.17, 15) is 46.0 Å². The number of aliphatic hydroxyl groups excluding tert-OH is 9. The van der Waals surface area contributed by atoms with Crippen LogP contribution in [0.4, 0.5) is 0 Å². The molecule has 9 rings (SSSR count). The predicted molar refractivity (Wildman–Crippen MR) is 210 cm³/mol. The number of hydrogen-bond donors (Lipinski definition) is 9. The molecule has 26 unspecified atom stereocenters. The van der Waals surface area contributed by atoms with Crippen molar-refractivity contribution in [2.75, 3.05) is 26.4 Å². The van der Waals surface area contributed by atoms with Crippen molar-refractivity contribution in [2.24, 2.45) is 52.3 Å². The van der Waals surface area contributed by atoms with Crippen LogP contribution in [0.3, 0.4) is 0 Å². The zero-order chi connectivity index (χ0) is 43.3. The fraction of sp³-hybridized carbons (Fsp3) is 1.00. The maximum Gasteiger partial charge on any atom is 0.187 e. The van der Waals surface area contributed by atoms with E-state index in [1.54, 1.807) is 0 Å². The summed E-state index contributed by atoms with van der Waals surface area (Å²) in [6.07, 6.45) is -11.2. The van der Waals surface area contributed by atoms with Crippen molar-refractivity contribution >= 4 is 0 Å². The van der Waals surface area contributed by atoms with E-state index in [1.165, 1.54) is 12.8 Å². The number of fused-ring (bicyclic) bond motifs is 7. The van der Waals surface area contributed by atoms with Crippen LogP contribution >= 0.6 is 0 Å². The van der Waals surface area contributed by atoms with Crippen molar-refractivity contribution in [2.45, 2.75) is 196 Å². The van der Waals surface area contributed by atoms with Crippen LogP contribution in [0.25, 0.3) is 0 Å². The van der Waals surface area contributed by atoms with E-state index in [0.29, 0.717) is 47.8 Å². The van der Waals surface area contributed by atoms with E-state index in [2.05, 4.69) is 27.7 Å². The molecule has 4 saturated carbocycles. The Morgan fingerprint density at radius 3 is 2.10 bits per heavy atom. The Balaban J connectivity index is 0.886. The summed E-state index contributed by atoms with van der Waals surface area (Å²) in [5, 5.41) is 94.9. The molecule has 4 aliphatic carbocycles. The monoisotopic (exact) mass is 872 g/mol. The SMILES string of the molecule is CC1CCC2(OC1)OC1CC3C4CCC5CC(OC6OC(COC7OCC(O)C(O)C7O)C(O)C(O)C6OC6OC(CO)C(O)C(O)C6O)CCC5(C)C4CCC3(C)C1C2C. The standard InChI is InChI=1S/C44H72O17/c1-19-7-12-44(56-16-19)20(2)30-27(61-44)14-25-23-6-5-21-13-22(8-10-42(21,3)24(23)9-11-43(25,30)4)57-41-38(60-40-37(53)34(50)32(48)28(15-45)58-40)35(51)33(49)29(59-41)18-55-39-36(52)31(47)26(46)17-54-39/h19-41,45-53H,5-18H2,1-4H3. The van der Waals surface area contributed by atoms with E-state index >= 15 is 0 Å². The normalized spacial score (nSPS) is 58.5. The van der Waals surface area contributed by atoms with Crippen molar-refractivity contribution in [3.63, 3.8) is 0 Å². The molecule has 0 amide bonds. The first-order valence-electron chi connectivity index (χ1n) is 23.2. The molecule has 5 heterocycles. The van der Waals surface area contributed by atoms with Gasteiger partial charge in [-0.3, -0.25) is 0 Å².